The summed E-state index contributed by atoms with van der Waals surface area (Å²) >= 11 is 3.43. The standard InChI is InChI=1S/C15H13BrO2/c1-10(17)12-7-13(9-14(16)8-12)11-3-5-15(18-2)6-4-11/h3-9H,1-2H3. The van der Waals surface area contributed by atoms with Gasteiger partial charge in [-0.1, -0.05) is 28.1 Å². The Morgan fingerprint density at radius 2 is 1.72 bits per heavy atom. The Kier molecular flexibility index (Phi) is 3.82. The molecule has 0 N–H and O–H groups in total. The first-order valence-corrected chi connectivity index (χ1v) is 6.35. The molecule has 2 aromatic carbocycles. The molecule has 2 rings (SSSR count). The van der Waals surface area contributed by atoms with E-state index in [0.29, 0.717) is 5.56 Å². The van der Waals surface area contributed by atoms with Gasteiger partial charge in [0.05, 0.1) is 7.11 Å². The van der Waals surface area contributed by atoms with Crippen molar-refractivity contribution >= 4 is 21.7 Å². The number of methoxy groups -OCH3 is 1. The van der Waals surface area contributed by atoms with Crippen molar-refractivity contribution in [1.29, 1.82) is 0 Å². The summed E-state index contributed by atoms with van der Waals surface area (Å²) in [6.07, 6.45) is 0. The molecule has 0 saturated carbocycles. The predicted octanol–water partition coefficient (Wildman–Crippen LogP) is 4.33. The van der Waals surface area contributed by atoms with Crippen LogP contribution in [0.25, 0.3) is 11.1 Å². The molecule has 0 unspecified atom stereocenters. The molecule has 3 heteroatoms. The molecule has 0 amide bonds. The van der Waals surface area contributed by atoms with Crippen LogP contribution in [0, 0.1) is 0 Å². The molecule has 0 aliphatic carbocycles. The van der Waals surface area contributed by atoms with Crippen molar-refractivity contribution in [3.05, 3.63) is 52.5 Å². The third-order valence-corrected chi connectivity index (χ3v) is 3.19. The van der Waals surface area contributed by atoms with Gasteiger partial charge in [0.15, 0.2) is 5.78 Å². The van der Waals surface area contributed by atoms with Gasteiger partial charge in [-0.25, -0.2) is 0 Å². The number of ether oxygens (including phenoxy) is 1. The van der Waals surface area contributed by atoms with Crippen molar-refractivity contribution < 1.29 is 9.53 Å². The highest BCUT2D eigenvalue weighted by Crippen LogP contribution is 2.27. The monoisotopic (exact) mass is 304 g/mol. The van der Waals surface area contributed by atoms with Crippen molar-refractivity contribution in [3.63, 3.8) is 0 Å². The third kappa shape index (κ3) is 2.79. The van der Waals surface area contributed by atoms with Crippen LogP contribution in [0.4, 0.5) is 0 Å². The first kappa shape index (κ1) is 12.8. The second-order valence-electron chi connectivity index (χ2n) is 4.01. The normalized spacial score (nSPS) is 10.2. The topological polar surface area (TPSA) is 26.3 Å². The summed E-state index contributed by atoms with van der Waals surface area (Å²) in [5, 5.41) is 0. The Bertz CT molecular complexity index is 574. The maximum absolute atomic E-state index is 11.4. The van der Waals surface area contributed by atoms with Gasteiger partial charge >= 0.3 is 0 Å². The molecule has 0 radical (unpaired) electrons. The summed E-state index contributed by atoms with van der Waals surface area (Å²) < 4.78 is 6.03. The van der Waals surface area contributed by atoms with Gasteiger partial charge in [-0.3, -0.25) is 4.79 Å². The third-order valence-electron chi connectivity index (χ3n) is 2.73. The zero-order chi connectivity index (χ0) is 13.1. The average molecular weight is 305 g/mol. The molecule has 0 saturated heterocycles. The molecule has 0 spiro atoms. The number of benzene rings is 2. The van der Waals surface area contributed by atoms with Gasteiger partial charge in [0, 0.05) is 10.0 Å². The van der Waals surface area contributed by atoms with Gasteiger partial charge in [0.2, 0.25) is 0 Å². The largest absolute Gasteiger partial charge is 0.497 e. The van der Waals surface area contributed by atoms with Crippen molar-refractivity contribution in [1.82, 2.24) is 0 Å². The first-order chi connectivity index (χ1) is 8.60. The Morgan fingerprint density at radius 3 is 2.28 bits per heavy atom. The lowest BCUT2D eigenvalue weighted by molar-refractivity contribution is 0.101. The van der Waals surface area contributed by atoms with E-state index in [-0.39, 0.29) is 5.78 Å². The number of Topliss-reactive ketones (excluding diaryl/α,β-unsaturated/α-hetero) is 1. The van der Waals surface area contributed by atoms with E-state index < -0.39 is 0 Å². The summed E-state index contributed by atoms with van der Waals surface area (Å²) in [6.45, 7) is 1.57. The van der Waals surface area contributed by atoms with E-state index >= 15 is 0 Å². The highest BCUT2D eigenvalue weighted by Gasteiger charge is 2.05. The molecule has 0 heterocycles. The van der Waals surface area contributed by atoms with Gasteiger partial charge in [-0.15, -0.1) is 0 Å². The van der Waals surface area contributed by atoms with Gasteiger partial charge in [-0.05, 0) is 48.4 Å². The van der Waals surface area contributed by atoms with Crippen LogP contribution in [0.3, 0.4) is 0 Å². The fourth-order valence-corrected chi connectivity index (χ4v) is 2.24. The van der Waals surface area contributed by atoms with Crippen LogP contribution >= 0.6 is 15.9 Å². The van der Waals surface area contributed by atoms with Crippen LogP contribution in [-0.4, -0.2) is 12.9 Å². The maximum Gasteiger partial charge on any atom is 0.159 e. The zero-order valence-corrected chi connectivity index (χ0v) is 11.8. The maximum atomic E-state index is 11.4. The smallest absolute Gasteiger partial charge is 0.159 e. The second kappa shape index (κ2) is 5.36. The molecule has 92 valence electrons. The summed E-state index contributed by atoms with van der Waals surface area (Å²) in [4.78, 5) is 11.4. The number of ketones is 1. The van der Waals surface area contributed by atoms with E-state index in [1.54, 1.807) is 14.0 Å². The molecule has 0 aliphatic heterocycles. The number of hydrogen-bond donors (Lipinski definition) is 0. The predicted molar refractivity (Wildman–Crippen MR) is 76.1 cm³/mol. The molecule has 0 atom stereocenters. The van der Waals surface area contributed by atoms with Crippen molar-refractivity contribution in [3.8, 4) is 16.9 Å². The van der Waals surface area contributed by atoms with Crippen LogP contribution < -0.4 is 4.74 Å². The Morgan fingerprint density at radius 1 is 1.06 bits per heavy atom. The molecule has 0 aliphatic rings. The van der Waals surface area contributed by atoms with Crippen LogP contribution in [0.5, 0.6) is 5.75 Å². The number of halogens is 1. The second-order valence-corrected chi connectivity index (χ2v) is 4.93. The van der Waals surface area contributed by atoms with Gasteiger partial charge in [0.1, 0.15) is 5.75 Å². The lowest BCUT2D eigenvalue weighted by atomic mass is 10.0. The minimum atomic E-state index is 0.0612. The Labute approximate surface area is 115 Å². The van der Waals surface area contributed by atoms with Crippen molar-refractivity contribution in [2.45, 2.75) is 6.92 Å². The van der Waals surface area contributed by atoms with E-state index in [1.165, 1.54) is 0 Å². The average Bonchev–Trinajstić information content (AvgIpc) is 2.38. The number of hydrogen-bond acceptors (Lipinski definition) is 2. The lowest BCUT2D eigenvalue weighted by Crippen LogP contribution is -1.92. The number of carbonyl (C=O) groups excluding carboxylic acids is 1. The molecule has 2 nitrogen and oxygen atoms in total. The molecule has 2 aromatic rings. The minimum absolute atomic E-state index is 0.0612. The fraction of sp³-hybridized carbons (Fsp3) is 0.133. The van der Waals surface area contributed by atoms with Gasteiger partial charge < -0.3 is 4.74 Å². The van der Waals surface area contributed by atoms with Gasteiger partial charge in [0.25, 0.3) is 0 Å². The Hall–Kier alpha value is -1.61. The number of carbonyl (C=O) groups is 1. The van der Waals surface area contributed by atoms with Gasteiger partial charge in [-0.2, -0.15) is 0 Å². The fourth-order valence-electron chi connectivity index (χ4n) is 1.74. The van der Waals surface area contributed by atoms with E-state index in [1.807, 2.05) is 42.5 Å². The molecular formula is C15H13BrO2. The van der Waals surface area contributed by atoms with E-state index in [9.17, 15) is 4.79 Å². The van der Waals surface area contributed by atoms with Crippen LogP contribution in [0.15, 0.2) is 46.9 Å². The molecule has 0 bridgehead atoms. The van der Waals surface area contributed by atoms with E-state index in [4.69, 9.17) is 4.74 Å². The lowest BCUT2D eigenvalue weighted by Gasteiger charge is -2.06. The summed E-state index contributed by atoms with van der Waals surface area (Å²) in [6, 6.07) is 13.5. The first-order valence-electron chi connectivity index (χ1n) is 5.56. The molecule has 0 fully saturated rings. The molecular weight excluding hydrogens is 292 g/mol. The van der Waals surface area contributed by atoms with E-state index in [0.717, 1.165) is 21.3 Å². The highest BCUT2D eigenvalue weighted by molar-refractivity contribution is 9.10. The van der Waals surface area contributed by atoms with E-state index in [2.05, 4.69) is 15.9 Å². The molecule has 18 heavy (non-hydrogen) atoms. The SMILES string of the molecule is COc1ccc(-c2cc(Br)cc(C(C)=O)c2)cc1. The highest BCUT2D eigenvalue weighted by atomic mass is 79.9. The van der Waals surface area contributed by atoms with Crippen molar-refractivity contribution in [2.24, 2.45) is 0 Å². The minimum Gasteiger partial charge on any atom is -0.497 e. The summed E-state index contributed by atoms with van der Waals surface area (Å²) in [5.74, 6) is 0.881. The quantitative estimate of drug-likeness (QED) is 0.789. The zero-order valence-electron chi connectivity index (χ0n) is 10.2. The summed E-state index contributed by atoms with van der Waals surface area (Å²) in [5.41, 5.74) is 2.77. The van der Waals surface area contributed by atoms with Crippen molar-refractivity contribution in [2.75, 3.05) is 7.11 Å². The summed E-state index contributed by atoms with van der Waals surface area (Å²) in [7, 11) is 1.64. The van der Waals surface area contributed by atoms with Crippen LogP contribution in [0.1, 0.15) is 17.3 Å². The molecule has 0 aromatic heterocycles. The van der Waals surface area contributed by atoms with Crippen LogP contribution in [0.2, 0.25) is 0 Å². The van der Waals surface area contributed by atoms with Crippen LogP contribution in [-0.2, 0) is 0 Å². The Balaban J connectivity index is 2.46. The number of rotatable bonds is 3.